The molecule has 0 saturated heterocycles. The van der Waals surface area contributed by atoms with Crippen LogP contribution in [0.15, 0.2) is 15.0 Å². The van der Waals surface area contributed by atoms with E-state index in [0.29, 0.717) is 17.5 Å². The number of aromatic hydroxyl groups is 1. The zero-order valence-corrected chi connectivity index (χ0v) is 11.2. The molecule has 0 aliphatic heterocycles. The van der Waals surface area contributed by atoms with Crippen LogP contribution in [0.5, 0.6) is 5.88 Å². The van der Waals surface area contributed by atoms with Crippen LogP contribution in [0.2, 0.25) is 0 Å². The molecular weight excluding hydrogens is 266 g/mol. The maximum atomic E-state index is 11.8. The number of aromatic nitrogens is 3. The monoisotopic (exact) mass is 279 g/mol. The normalized spacial score (nSPS) is 14.8. The van der Waals surface area contributed by atoms with Crippen molar-refractivity contribution in [1.29, 1.82) is 0 Å². The number of hydrogen-bond acceptors (Lipinski definition) is 5. The van der Waals surface area contributed by atoms with Gasteiger partial charge < -0.3 is 5.11 Å². The predicted octanol–water partition coefficient (Wildman–Crippen LogP) is 1.13. The first-order valence-corrected chi connectivity index (χ1v) is 7.02. The molecule has 0 amide bonds. The first kappa shape index (κ1) is 12.2. The Kier molecular flexibility index (Phi) is 2.78. The highest BCUT2D eigenvalue weighted by molar-refractivity contribution is 7.12. The Balaban J connectivity index is 2.17. The highest BCUT2D eigenvalue weighted by Gasteiger charge is 2.27. The van der Waals surface area contributed by atoms with Crippen molar-refractivity contribution in [2.24, 2.45) is 0 Å². The highest BCUT2D eigenvalue weighted by Crippen LogP contribution is 2.40. The van der Waals surface area contributed by atoms with Crippen molar-refractivity contribution >= 4 is 11.3 Å². The van der Waals surface area contributed by atoms with Gasteiger partial charge in [0.25, 0.3) is 5.56 Å². The maximum absolute atomic E-state index is 11.8. The Morgan fingerprint density at radius 2 is 2.26 bits per heavy atom. The van der Waals surface area contributed by atoms with Gasteiger partial charge in [-0.1, -0.05) is 6.92 Å². The molecule has 0 spiro atoms. The summed E-state index contributed by atoms with van der Waals surface area (Å²) in [5, 5.41) is 12.4. The van der Waals surface area contributed by atoms with Crippen molar-refractivity contribution in [3.63, 3.8) is 0 Å². The van der Waals surface area contributed by atoms with E-state index >= 15 is 0 Å². The summed E-state index contributed by atoms with van der Waals surface area (Å²) in [7, 11) is 0. The Morgan fingerprint density at radius 1 is 1.53 bits per heavy atom. The minimum atomic E-state index is -0.656. The fourth-order valence-corrected chi connectivity index (χ4v) is 2.91. The van der Waals surface area contributed by atoms with E-state index in [1.165, 1.54) is 11.3 Å². The smallest absolute Gasteiger partial charge is 0.337 e. The minimum Gasteiger partial charge on any atom is -0.494 e. The van der Waals surface area contributed by atoms with Gasteiger partial charge >= 0.3 is 5.69 Å². The summed E-state index contributed by atoms with van der Waals surface area (Å²) in [6.07, 6.45) is 2.59. The Morgan fingerprint density at radius 3 is 2.89 bits per heavy atom. The van der Waals surface area contributed by atoms with Gasteiger partial charge in [0, 0.05) is 11.3 Å². The third kappa shape index (κ3) is 1.99. The summed E-state index contributed by atoms with van der Waals surface area (Å²) in [6.45, 7) is 1.75. The van der Waals surface area contributed by atoms with Crippen molar-refractivity contribution < 1.29 is 5.11 Å². The van der Waals surface area contributed by atoms with Gasteiger partial charge in [-0.3, -0.25) is 9.78 Å². The second-order valence-electron chi connectivity index (χ2n) is 4.58. The summed E-state index contributed by atoms with van der Waals surface area (Å²) < 4.78 is 1.07. The average molecular weight is 279 g/mol. The zero-order chi connectivity index (χ0) is 13.6. The zero-order valence-electron chi connectivity index (χ0n) is 10.3. The Bertz CT molecular complexity index is 739. The number of nitrogens with one attached hydrogen (secondary N) is 1. The standard InChI is InChI=1S/C12H13N3O3S/c1-2-7-9(16)14-11(18)15(10(7)17)12-13-8(5-19-12)6-3-4-6/h5-6,17H,2-4H2,1H3,(H,14,16,18). The summed E-state index contributed by atoms with van der Waals surface area (Å²) in [5.41, 5.74) is -0.0464. The maximum Gasteiger partial charge on any atom is 0.337 e. The summed E-state index contributed by atoms with van der Waals surface area (Å²) >= 11 is 1.29. The van der Waals surface area contributed by atoms with Gasteiger partial charge in [0.15, 0.2) is 0 Å². The molecule has 1 saturated carbocycles. The van der Waals surface area contributed by atoms with Crippen LogP contribution in [-0.2, 0) is 6.42 Å². The predicted molar refractivity (Wildman–Crippen MR) is 71.3 cm³/mol. The lowest BCUT2D eigenvalue weighted by Gasteiger charge is -2.07. The van der Waals surface area contributed by atoms with Crippen LogP contribution in [-0.4, -0.2) is 19.6 Å². The highest BCUT2D eigenvalue weighted by atomic mass is 32.1. The largest absolute Gasteiger partial charge is 0.494 e. The summed E-state index contributed by atoms with van der Waals surface area (Å²) in [5.74, 6) is 0.171. The molecule has 0 aromatic carbocycles. The van der Waals surface area contributed by atoms with Crippen LogP contribution >= 0.6 is 11.3 Å². The van der Waals surface area contributed by atoms with Crippen molar-refractivity contribution in [3.05, 3.63) is 37.5 Å². The van der Waals surface area contributed by atoms with Crippen LogP contribution in [0.25, 0.3) is 5.13 Å². The molecule has 6 nitrogen and oxygen atoms in total. The molecule has 2 heterocycles. The first-order chi connectivity index (χ1) is 9.11. The van der Waals surface area contributed by atoms with Crippen LogP contribution in [0.1, 0.15) is 36.9 Å². The van der Waals surface area contributed by atoms with Gasteiger partial charge in [-0.25, -0.2) is 14.3 Å². The molecule has 2 N–H and O–H groups in total. The lowest BCUT2D eigenvalue weighted by Crippen LogP contribution is -2.31. The molecule has 19 heavy (non-hydrogen) atoms. The molecule has 7 heteroatoms. The van der Waals surface area contributed by atoms with E-state index in [1.54, 1.807) is 6.92 Å². The lowest BCUT2D eigenvalue weighted by atomic mass is 10.2. The number of hydrogen-bond donors (Lipinski definition) is 2. The van der Waals surface area contributed by atoms with Gasteiger partial charge in [0.05, 0.1) is 11.3 Å². The number of nitrogens with zero attached hydrogens (tertiary/aromatic N) is 2. The minimum absolute atomic E-state index is 0.197. The molecule has 2 aromatic rings. The van der Waals surface area contributed by atoms with E-state index in [1.807, 2.05) is 5.38 Å². The molecule has 0 bridgehead atoms. The second-order valence-corrected chi connectivity index (χ2v) is 5.42. The van der Waals surface area contributed by atoms with E-state index in [2.05, 4.69) is 9.97 Å². The van der Waals surface area contributed by atoms with E-state index in [4.69, 9.17) is 0 Å². The van der Waals surface area contributed by atoms with Crippen LogP contribution in [0.3, 0.4) is 0 Å². The first-order valence-electron chi connectivity index (χ1n) is 6.14. The molecular formula is C12H13N3O3S. The van der Waals surface area contributed by atoms with E-state index < -0.39 is 11.2 Å². The second kappa shape index (κ2) is 4.34. The molecule has 0 unspecified atom stereocenters. The third-order valence-electron chi connectivity index (χ3n) is 3.23. The molecule has 1 fully saturated rings. The number of thiazole rings is 1. The lowest BCUT2D eigenvalue weighted by molar-refractivity contribution is 0.423. The van der Waals surface area contributed by atoms with Crippen LogP contribution < -0.4 is 11.2 Å². The van der Waals surface area contributed by atoms with Gasteiger partial charge in [0.1, 0.15) is 0 Å². The Labute approximate surface area is 112 Å². The van der Waals surface area contributed by atoms with Crippen LogP contribution in [0.4, 0.5) is 0 Å². The SMILES string of the molecule is CCc1c(O)n(-c2nc(C3CC3)cs2)c(=O)[nH]c1=O. The van der Waals surface area contributed by atoms with Crippen molar-refractivity contribution in [3.8, 4) is 11.0 Å². The fraction of sp³-hybridized carbons (Fsp3) is 0.417. The van der Waals surface area contributed by atoms with E-state index in [0.717, 1.165) is 23.1 Å². The molecule has 1 aliphatic rings. The Hall–Kier alpha value is -1.89. The third-order valence-corrected chi connectivity index (χ3v) is 4.07. The summed E-state index contributed by atoms with van der Waals surface area (Å²) in [4.78, 5) is 30.0. The quantitative estimate of drug-likeness (QED) is 0.881. The molecule has 100 valence electrons. The topological polar surface area (TPSA) is 88.0 Å². The number of aromatic amines is 1. The number of H-pyrrole nitrogens is 1. The van der Waals surface area contributed by atoms with Gasteiger partial charge in [-0.2, -0.15) is 0 Å². The molecule has 3 rings (SSSR count). The van der Waals surface area contributed by atoms with Gasteiger partial charge in [-0.05, 0) is 19.3 Å². The van der Waals surface area contributed by atoms with Gasteiger partial charge in [0.2, 0.25) is 11.0 Å². The van der Waals surface area contributed by atoms with Crippen LogP contribution in [0, 0.1) is 0 Å². The number of rotatable bonds is 3. The molecule has 2 aromatic heterocycles. The molecule has 1 aliphatic carbocycles. The average Bonchev–Trinajstić information content (AvgIpc) is 3.10. The van der Waals surface area contributed by atoms with E-state index in [9.17, 15) is 14.7 Å². The fourth-order valence-electron chi connectivity index (χ4n) is 2.00. The van der Waals surface area contributed by atoms with Crippen molar-refractivity contribution in [2.45, 2.75) is 32.1 Å². The van der Waals surface area contributed by atoms with Crippen molar-refractivity contribution in [1.82, 2.24) is 14.5 Å². The van der Waals surface area contributed by atoms with Crippen molar-refractivity contribution in [2.75, 3.05) is 0 Å². The molecule has 0 atom stereocenters. The molecule has 0 radical (unpaired) electrons. The summed E-state index contributed by atoms with van der Waals surface area (Å²) in [6, 6.07) is 0. The van der Waals surface area contributed by atoms with Gasteiger partial charge in [-0.15, -0.1) is 11.3 Å². The van der Waals surface area contributed by atoms with E-state index in [-0.39, 0.29) is 11.4 Å².